The highest BCUT2D eigenvalue weighted by Crippen LogP contribution is 2.20. The number of carbonyl (C=O) groups is 1. The first-order valence-corrected chi connectivity index (χ1v) is 7.33. The molecule has 2 N–H and O–H groups in total. The van der Waals surface area contributed by atoms with Crippen molar-refractivity contribution in [2.75, 3.05) is 17.2 Å². The zero-order valence-electron chi connectivity index (χ0n) is 11.2. The van der Waals surface area contributed by atoms with Gasteiger partial charge >= 0.3 is 0 Å². The molecule has 0 aliphatic rings. The first kappa shape index (κ1) is 13.6. The molecule has 0 fully saturated rings. The van der Waals surface area contributed by atoms with Crippen molar-refractivity contribution in [3.8, 4) is 0 Å². The third kappa shape index (κ3) is 3.58. The van der Waals surface area contributed by atoms with Crippen LogP contribution in [0.25, 0.3) is 0 Å². The Morgan fingerprint density at radius 2 is 2.16 bits per heavy atom. The van der Waals surface area contributed by atoms with Crippen LogP contribution >= 0.6 is 11.3 Å². The predicted octanol–water partition coefficient (Wildman–Crippen LogP) is 4.13. The molecule has 0 saturated heterocycles. The maximum absolute atomic E-state index is 12.3. The molecular weight excluding hydrogens is 256 g/mol. The van der Waals surface area contributed by atoms with Crippen LogP contribution in [0.2, 0.25) is 0 Å². The minimum atomic E-state index is -0.0688. The van der Waals surface area contributed by atoms with Crippen LogP contribution in [0.3, 0.4) is 0 Å². The third-order valence-corrected chi connectivity index (χ3v) is 3.45. The van der Waals surface area contributed by atoms with Gasteiger partial charge in [-0.2, -0.15) is 11.3 Å². The van der Waals surface area contributed by atoms with Crippen LogP contribution in [0.4, 0.5) is 11.4 Å². The van der Waals surface area contributed by atoms with E-state index in [1.165, 1.54) is 0 Å². The average Bonchev–Trinajstić information content (AvgIpc) is 2.90. The van der Waals surface area contributed by atoms with Crippen LogP contribution < -0.4 is 10.6 Å². The highest BCUT2D eigenvalue weighted by Gasteiger charge is 2.11. The van der Waals surface area contributed by atoms with Crippen LogP contribution in [0, 0.1) is 6.92 Å². The molecular formula is C15H18N2OS. The smallest absolute Gasteiger partial charge is 0.257 e. The van der Waals surface area contributed by atoms with Crippen LogP contribution in [0.5, 0.6) is 0 Å². The summed E-state index contributed by atoms with van der Waals surface area (Å²) in [6.07, 6.45) is 1.03. The molecule has 0 atom stereocenters. The van der Waals surface area contributed by atoms with E-state index in [1.807, 2.05) is 41.9 Å². The fourth-order valence-electron chi connectivity index (χ4n) is 1.79. The van der Waals surface area contributed by atoms with E-state index in [1.54, 1.807) is 11.3 Å². The molecule has 0 unspecified atom stereocenters. The summed E-state index contributed by atoms with van der Waals surface area (Å²) in [5.74, 6) is -0.0688. The molecule has 1 aromatic heterocycles. The topological polar surface area (TPSA) is 41.1 Å². The zero-order chi connectivity index (χ0) is 13.7. The molecule has 0 aliphatic heterocycles. The molecule has 3 nitrogen and oxygen atoms in total. The number of carbonyl (C=O) groups excluding carboxylic acids is 1. The summed E-state index contributed by atoms with van der Waals surface area (Å²) in [5, 5.41) is 10.1. The predicted molar refractivity (Wildman–Crippen MR) is 82.2 cm³/mol. The fourth-order valence-corrected chi connectivity index (χ4v) is 2.38. The summed E-state index contributed by atoms with van der Waals surface area (Å²) < 4.78 is 0. The number of anilines is 2. The summed E-state index contributed by atoms with van der Waals surface area (Å²) >= 11 is 1.57. The summed E-state index contributed by atoms with van der Waals surface area (Å²) in [6.45, 7) is 4.96. The van der Waals surface area contributed by atoms with Crippen molar-refractivity contribution in [1.29, 1.82) is 0 Å². The van der Waals surface area contributed by atoms with Gasteiger partial charge in [-0.15, -0.1) is 0 Å². The number of hydrogen-bond donors (Lipinski definition) is 2. The van der Waals surface area contributed by atoms with E-state index in [0.717, 1.165) is 29.9 Å². The number of benzene rings is 1. The Morgan fingerprint density at radius 1 is 1.32 bits per heavy atom. The van der Waals surface area contributed by atoms with Gasteiger partial charge in [-0.3, -0.25) is 4.79 Å². The summed E-state index contributed by atoms with van der Waals surface area (Å²) in [5.41, 5.74) is 3.51. The van der Waals surface area contributed by atoms with Gasteiger partial charge in [-0.1, -0.05) is 18.6 Å². The van der Waals surface area contributed by atoms with E-state index < -0.39 is 0 Å². The molecule has 1 aromatic carbocycles. The second-order valence-electron chi connectivity index (χ2n) is 4.44. The molecule has 0 aliphatic carbocycles. The van der Waals surface area contributed by atoms with Crippen molar-refractivity contribution in [1.82, 2.24) is 0 Å². The van der Waals surface area contributed by atoms with Crippen LogP contribution in [0.15, 0.2) is 35.0 Å². The van der Waals surface area contributed by atoms with Crippen molar-refractivity contribution in [2.24, 2.45) is 0 Å². The lowest BCUT2D eigenvalue weighted by molar-refractivity contribution is 0.102. The lowest BCUT2D eigenvalue weighted by atomic mass is 10.1. The minimum Gasteiger partial charge on any atom is -0.384 e. The first-order chi connectivity index (χ1) is 9.20. The highest BCUT2D eigenvalue weighted by molar-refractivity contribution is 7.08. The van der Waals surface area contributed by atoms with E-state index >= 15 is 0 Å². The third-order valence-electron chi connectivity index (χ3n) is 2.76. The van der Waals surface area contributed by atoms with Gasteiger partial charge in [0, 0.05) is 17.6 Å². The second-order valence-corrected chi connectivity index (χ2v) is 5.22. The quantitative estimate of drug-likeness (QED) is 0.860. The van der Waals surface area contributed by atoms with E-state index in [0.29, 0.717) is 5.56 Å². The van der Waals surface area contributed by atoms with Gasteiger partial charge < -0.3 is 10.6 Å². The summed E-state index contributed by atoms with van der Waals surface area (Å²) in [4.78, 5) is 12.3. The first-order valence-electron chi connectivity index (χ1n) is 6.38. The number of hydrogen-bond acceptors (Lipinski definition) is 3. The van der Waals surface area contributed by atoms with Crippen molar-refractivity contribution >= 4 is 28.6 Å². The molecule has 19 heavy (non-hydrogen) atoms. The van der Waals surface area contributed by atoms with Crippen LogP contribution in [-0.4, -0.2) is 12.5 Å². The monoisotopic (exact) mass is 274 g/mol. The van der Waals surface area contributed by atoms with Crippen molar-refractivity contribution in [3.63, 3.8) is 0 Å². The molecule has 1 heterocycles. The van der Waals surface area contributed by atoms with Crippen molar-refractivity contribution < 1.29 is 4.79 Å². The largest absolute Gasteiger partial charge is 0.384 e. The average molecular weight is 274 g/mol. The van der Waals surface area contributed by atoms with Gasteiger partial charge in [-0.25, -0.2) is 0 Å². The van der Waals surface area contributed by atoms with E-state index in [4.69, 9.17) is 0 Å². The Kier molecular flexibility index (Phi) is 4.58. The van der Waals surface area contributed by atoms with Gasteiger partial charge in [0.05, 0.1) is 11.3 Å². The lowest BCUT2D eigenvalue weighted by Gasteiger charge is -2.12. The highest BCUT2D eigenvalue weighted by atomic mass is 32.1. The van der Waals surface area contributed by atoms with Crippen molar-refractivity contribution in [3.05, 3.63) is 46.2 Å². The van der Waals surface area contributed by atoms with Gasteiger partial charge in [-0.05, 0) is 36.9 Å². The molecule has 2 rings (SSSR count). The molecule has 0 bridgehead atoms. The second kappa shape index (κ2) is 6.38. The maximum atomic E-state index is 12.3. The molecule has 100 valence electrons. The minimum absolute atomic E-state index is 0.0688. The molecule has 4 heteroatoms. The molecule has 0 radical (unpaired) electrons. The van der Waals surface area contributed by atoms with E-state index in [-0.39, 0.29) is 5.91 Å². The molecule has 1 amide bonds. The fraction of sp³-hybridized carbons (Fsp3) is 0.267. The van der Waals surface area contributed by atoms with Gasteiger partial charge in [0.1, 0.15) is 0 Å². The summed E-state index contributed by atoms with van der Waals surface area (Å²) in [7, 11) is 0. The van der Waals surface area contributed by atoms with Gasteiger partial charge in [0.25, 0.3) is 5.91 Å². The van der Waals surface area contributed by atoms with Gasteiger partial charge in [0.2, 0.25) is 0 Å². The molecule has 0 saturated carbocycles. The number of aryl methyl sites for hydroxylation is 1. The van der Waals surface area contributed by atoms with Crippen LogP contribution in [-0.2, 0) is 0 Å². The van der Waals surface area contributed by atoms with Crippen molar-refractivity contribution in [2.45, 2.75) is 20.3 Å². The zero-order valence-corrected chi connectivity index (χ0v) is 12.0. The maximum Gasteiger partial charge on any atom is 0.257 e. The standard InChI is InChI=1S/C15H18N2OS/c1-3-7-16-14-5-4-11(2)9-13(14)15(18)17-12-6-8-19-10-12/h4-6,8-10,16H,3,7H2,1-2H3,(H,17,18). The number of amides is 1. The Hall–Kier alpha value is -1.81. The number of thiophene rings is 1. The number of rotatable bonds is 5. The lowest BCUT2D eigenvalue weighted by Crippen LogP contribution is -2.15. The Balaban J connectivity index is 2.21. The SMILES string of the molecule is CCCNc1ccc(C)cc1C(=O)Nc1ccsc1. The molecule has 0 spiro atoms. The summed E-state index contributed by atoms with van der Waals surface area (Å²) in [6, 6.07) is 7.80. The Bertz CT molecular complexity index is 549. The van der Waals surface area contributed by atoms with E-state index in [9.17, 15) is 4.79 Å². The molecule has 2 aromatic rings. The normalized spacial score (nSPS) is 10.2. The van der Waals surface area contributed by atoms with Gasteiger partial charge in [0.15, 0.2) is 0 Å². The Morgan fingerprint density at radius 3 is 2.84 bits per heavy atom. The van der Waals surface area contributed by atoms with E-state index in [2.05, 4.69) is 17.6 Å². The van der Waals surface area contributed by atoms with Crippen LogP contribution in [0.1, 0.15) is 29.3 Å². The Labute approximate surface area is 117 Å². The number of nitrogens with one attached hydrogen (secondary N) is 2.